The summed E-state index contributed by atoms with van der Waals surface area (Å²) in [6, 6.07) is -0.444. The molecule has 6 nitrogen and oxygen atoms in total. The van der Waals surface area contributed by atoms with E-state index in [1.165, 1.54) is 6.42 Å². The SMILES string of the molecule is CCn1cc(CCC(=O)NC(C)C(=O)N2CCCCC2)c(C)n1. The maximum Gasteiger partial charge on any atom is 0.244 e. The third kappa shape index (κ3) is 4.81. The molecule has 0 spiro atoms. The Balaban J connectivity index is 1.79. The lowest BCUT2D eigenvalue weighted by atomic mass is 10.1. The molecule has 0 radical (unpaired) electrons. The van der Waals surface area contributed by atoms with E-state index in [-0.39, 0.29) is 11.8 Å². The van der Waals surface area contributed by atoms with Crippen molar-refractivity contribution in [2.24, 2.45) is 0 Å². The van der Waals surface area contributed by atoms with Crippen molar-refractivity contribution in [3.63, 3.8) is 0 Å². The van der Waals surface area contributed by atoms with E-state index in [9.17, 15) is 9.59 Å². The van der Waals surface area contributed by atoms with Gasteiger partial charge in [-0.05, 0) is 52.0 Å². The number of piperidine rings is 1. The summed E-state index contributed by atoms with van der Waals surface area (Å²) >= 11 is 0. The van der Waals surface area contributed by atoms with Crippen LogP contribution in [-0.4, -0.2) is 45.6 Å². The van der Waals surface area contributed by atoms with Crippen molar-refractivity contribution in [3.05, 3.63) is 17.5 Å². The van der Waals surface area contributed by atoms with E-state index < -0.39 is 6.04 Å². The molecule has 0 bridgehead atoms. The topological polar surface area (TPSA) is 67.2 Å². The van der Waals surface area contributed by atoms with Crippen LogP contribution in [0.5, 0.6) is 0 Å². The van der Waals surface area contributed by atoms with Crippen molar-refractivity contribution in [2.75, 3.05) is 13.1 Å². The number of carbonyl (C=O) groups is 2. The van der Waals surface area contributed by atoms with Crippen LogP contribution in [0, 0.1) is 6.92 Å². The van der Waals surface area contributed by atoms with Gasteiger partial charge in [0.05, 0.1) is 5.69 Å². The van der Waals surface area contributed by atoms with Crippen molar-refractivity contribution in [1.82, 2.24) is 20.0 Å². The zero-order valence-corrected chi connectivity index (χ0v) is 14.5. The van der Waals surface area contributed by atoms with Crippen molar-refractivity contribution in [3.8, 4) is 0 Å². The average molecular weight is 320 g/mol. The molecule has 2 amide bonds. The van der Waals surface area contributed by atoms with Crippen molar-refractivity contribution >= 4 is 11.8 Å². The minimum atomic E-state index is -0.444. The van der Waals surface area contributed by atoms with E-state index >= 15 is 0 Å². The maximum atomic E-state index is 12.3. The first-order valence-electron chi connectivity index (χ1n) is 8.62. The number of aromatic nitrogens is 2. The van der Waals surface area contributed by atoms with Crippen LogP contribution < -0.4 is 5.32 Å². The van der Waals surface area contributed by atoms with Crippen LogP contribution in [-0.2, 0) is 22.6 Å². The summed E-state index contributed by atoms with van der Waals surface area (Å²) in [6.07, 6.45) is 6.34. The minimum absolute atomic E-state index is 0.0352. The molecule has 128 valence electrons. The molecule has 1 unspecified atom stereocenters. The fraction of sp³-hybridized carbons (Fsp3) is 0.706. The molecule has 6 heteroatoms. The third-order valence-corrected chi connectivity index (χ3v) is 4.41. The summed E-state index contributed by atoms with van der Waals surface area (Å²) in [5.41, 5.74) is 2.06. The molecule has 2 heterocycles. The summed E-state index contributed by atoms with van der Waals surface area (Å²) in [7, 11) is 0. The number of rotatable bonds is 6. The Kier molecular flexibility index (Phi) is 6.19. The number of likely N-dealkylation sites (tertiary alicyclic amines) is 1. The van der Waals surface area contributed by atoms with E-state index in [4.69, 9.17) is 0 Å². The Bertz CT molecular complexity index is 547. The molecule has 1 atom stereocenters. The first-order chi connectivity index (χ1) is 11.0. The molecular weight excluding hydrogens is 292 g/mol. The Morgan fingerprint density at radius 1 is 1.30 bits per heavy atom. The van der Waals surface area contributed by atoms with Crippen LogP contribution >= 0.6 is 0 Å². The van der Waals surface area contributed by atoms with Gasteiger partial charge in [-0.25, -0.2) is 0 Å². The Hall–Kier alpha value is -1.85. The highest BCUT2D eigenvalue weighted by Gasteiger charge is 2.23. The van der Waals surface area contributed by atoms with Gasteiger partial charge in [-0.1, -0.05) is 0 Å². The lowest BCUT2D eigenvalue weighted by molar-refractivity contribution is -0.136. The zero-order valence-electron chi connectivity index (χ0n) is 14.5. The minimum Gasteiger partial charge on any atom is -0.345 e. The summed E-state index contributed by atoms with van der Waals surface area (Å²) in [5.74, 6) is -0.0421. The molecule has 2 rings (SSSR count). The average Bonchev–Trinajstić information content (AvgIpc) is 2.93. The largest absolute Gasteiger partial charge is 0.345 e. The molecule has 1 N–H and O–H groups in total. The zero-order chi connectivity index (χ0) is 16.8. The molecule has 1 aliphatic heterocycles. The second-order valence-electron chi connectivity index (χ2n) is 6.27. The first-order valence-corrected chi connectivity index (χ1v) is 8.62. The number of amides is 2. The number of nitrogens with one attached hydrogen (secondary N) is 1. The number of hydrogen-bond acceptors (Lipinski definition) is 3. The second kappa shape index (κ2) is 8.13. The molecule has 0 aromatic carbocycles. The predicted octanol–water partition coefficient (Wildman–Crippen LogP) is 1.66. The number of aryl methyl sites for hydroxylation is 3. The van der Waals surface area contributed by atoms with Crippen molar-refractivity contribution in [2.45, 2.75) is 65.5 Å². The molecule has 23 heavy (non-hydrogen) atoms. The fourth-order valence-electron chi connectivity index (χ4n) is 2.98. The van der Waals surface area contributed by atoms with Crippen LogP contribution in [0.25, 0.3) is 0 Å². The smallest absolute Gasteiger partial charge is 0.244 e. The molecule has 0 saturated carbocycles. The maximum absolute atomic E-state index is 12.3. The summed E-state index contributed by atoms with van der Waals surface area (Å²) in [5, 5.41) is 7.21. The lowest BCUT2D eigenvalue weighted by Gasteiger charge is -2.29. The van der Waals surface area contributed by atoms with Gasteiger partial charge in [0.25, 0.3) is 0 Å². The predicted molar refractivity (Wildman–Crippen MR) is 89.0 cm³/mol. The Morgan fingerprint density at radius 2 is 2.00 bits per heavy atom. The first kappa shape index (κ1) is 17.5. The van der Waals surface area contributed by atoms with Gasteiger partial charge in [0.2, 0.25) is 11.8 Å². The van der Waals surface area contributed by atoms with Gasteiger partial charge < -0.3 is 10.2 Å². The van der Waals surface area contributed by atoms with Gasteiger partial charge in [0.15, 0.2) is 0 Å². The van der Waals surface area contributed by atoms with Crippen LogP contribution in [0.1, 0.15) is 50.8 Å². The quantitative estimate of drug-likeness (QED) is 0.867. The number of nitrogens with zero attached hydrogens (tertiary/aromatic N) is 3. The van der Waals surface area contributed by atoms with Gasteiger partial charge in [-0.15, -0.1) is 0 Å². The van der Waals surface area contributed by atoms with Gasteiger partial charge in [0.1, 0.15) is 6.04 Å². The van der Waals surface area contributed by atoms with E-state index in [0.717, 1.165) is 43.7 Å². The number of carbonyl (C=O) groups excluding carboxylic acids is 2. The Labute approximate surface area is 138 Å². The van der Waals surface area contributed by atoms with Crippen LogP contribution in [0.2, 0.25) is 0 Å². The second-order valence-corrected chi connectivity index (χ2v) is 6.27. The standard InChI is InChI=1S/C17H28N4O2/c1-4-21-12-15(13(2)19-21)8-9-16(22)18-14(3)17(23)20-10-6-5-7-11-20/h12,14H,4-11H2,1-3H3,(H,18,22). The van der Waals surface area contributed by atoms with Gasteiger partial charge >= 0.3 is 0 Å². The summed E-state index contributed by atoms with van der Waals surface area (Å²) in [4.78, 5) is 26.3. The van der Waals surface area contributed by atoms with Crippen molar-refractivity contribution < 1.29 is 9.59 Å². The molecule has 1 fully saturated rings. The highest BCUT2D eigenvalue weighted by molar-refractivity contribution is 5.87. The number of hydrogen-bond donors (Lipinski definition) is 1. The van der Waals surface area contributed by atoms with E-state index in [0.29, 0.717) is 12.8 Å². The normalized spacial score (nSPS) is 16.2. The highest BCUT2D eigenvalue weighted by Crippen LogP contribution is 2.11. The molecule has 1 aromatic heterocycles. The third-order valence-electron chi connectivity index (χ3n) is 4.41. The monoisotopic (exact) mass is 320 g/mol. The highest BCUT2D eigenvalue weighted by atomic mass is 16.2. The summed E-state index contributed by atoms with van der Waals surface area (Å²) in [6.45, 7) is 8.23. The molecule has 0 aliphatic carbocycles. The Morgan fingerprint density at radius 3 is 2.61 bits per heavy atom. The van der Waals surface area contributed by atoms with E-state index in [1.807, 2.05) is 29.6 Å². The van der Waals surface area contributed by atoms with Crippen molar-refractivity contribution in [1.29, 1.82) is 0 Å². The van der Waals surface area contributed by atoms with E-state index in [2.05, 4.69) is 10.4 Å². The van der Waals surface area contributed by atoms with Gasteiger partial charge in [0, 0.05) is 32.3 Å². The molecular formula is C17H28N4O2. The molecule has 1 aliphatic rings. The molecule has 1 aromatic rings. The van der Waals surface area contributed by atoms with Crippen LogP contribution in [0.4, 0.5) is 0 Å². The van der Waals surface area contributed by atoms with Crippen LogP contribution in [0.15, 0.2) is 6.20 Å². The molecule has 1 saturated heterocycles. The van der Waals surface area contributed by atoms with E-state index in [1.54, 1.807) is 6.92 Å². The van der Waals surface area contributed by atoms with Gasteiger partial charge in [-0.2, -0.15) is 5.10 Å². The summed E-state index contributed by atoms with van der Waals surface area (Å²) < 4.78 is 1.88. The fourth-order valence-corrected chi connectivity index (χ4v) is 2.98. The van der Waals surface area contributed by atoms with Crippen LogP contribution in [0.3, 0.4) is 0 Å². The lowest BCUT2D eigenvalue weighted by Crippen LogP contribution is -2.48. The van der Waals surface area contributed by atoms with Gasteiger partial charge in [-0.3, -0.25) is 14.3 Å².